The van der Waals surface area contributed by atoms with Crippen LogP contribution in [0.5, 0.6) is 5.88 Å². The molecule has 1 saturated carbocycles. The summed E-state index contributed by atoms with van der Waals surface area (Å²) in [5.74, 6) is 1.03. The van der Waals surface area contributed by atoms with Crippen molar-refractivity contribution in [1.29, 1.82) is 0 Å². The van der Waals surface area contributed by atoms with Crippen molar-refractivity contribution >= 4 is 17.4 Å². The van der Waals surface area contributed by atoms with Crippen molar-refractivity contribution in [2.75, 3.05) is 20.2 Å². The molecule has 0 aliphatic heterocycles. The zero-order valence-corrected chi connectivity index (χ0v) is 10.8. The van der Waals surface area contributed by atoms with Crippen LogP contribution in [0.4, 0.5) is 0 Å². The highest BCUT2D eigenvalue weighted by Crippen LogP contribution is 2.25. The van der Waals surface area contributed by atoms with E-state index in [-0.39, 0.29) is 0 Å². The largest absolute Gasteiger partial charge is 0.476 e. The Morgan fingerprint density at radius 2 is 2.39 bits per heavy atom. The summed E-state index contributed by atoms with van der Waals surface area (Å²) >= 11 is 5.90. The minimum atomic E-state index is 0.362. The minimum Gasteiger partial charge on any atom is -0.476 e. The first kappa shape index (κ1) is 11.7. The standard InChI is InChI=1S/C11H14ClN5O/c1-16(8-2-3-8)4-5-18-10-6-9(12)15-11-13-7-14-17(10)11/h6-8H,2-5H2,1H3. The van der Waals surface area contributed by atoms with Gasteiger partial charge < -0.3 is 9.64 Å². The molecule has 0 aromatic carbocycles. The van der Waals surface area contributed by atoms with Gasteiger partial charge in [-0.2, -0.15) is 19.6 Å². The van der Waals surface area contributed by atoms with E-state index in [2.05, 4.69) is 27.0 Å². The Balaban J connectivity index is 1.67. The summed E-state index contributed by atoms with van der Waals surface area (Å²) in [5.41, 5.74) is 0. The van der Waals surface area contributed by atoms with Crippen LogP contribution in [0.2, 0.25) is 5.15 Å². The van der Waals surface area contributed by atoms with Crippen LogP contribution in [0.15, 0.2) is 12.4 Å². The second-order valence-corrected chi connectivity index (χ2v) is 4.84. The molecule has 96 valence electrons. The maximum Gasteiger partial charge on any atom is 0.256 e. The topological polar surface area (TPSA) is 55.5 Å². The van der Waals surface area contributed by atoms with Crippen molar-refractivity contribution in [1.82, 2.24) is 24.5 Å². The zero-order chi connectivity index (χ0) is 12.5. The SMILES string of the molecule is CN(CCOc1cc(Cl)nc2ncnn12)C1CC1. The molecule has 0 N–H and O–H groups in total. The van der Waals surface area contributed by atoms with Crippen molar-refractivity contribution in [2.45, 2.75) is 18.9 Å². The van der Waals surface area contributed by atoms with Gasteiger partial charge in [0, 0.05) is 18.7 Å². The molecule has 0 radical (unpaired) electrons. The van der Waals surface area contributed by atoms with Gasteiger partial charge in [0.25, 0.3) is 5.78 Å². The molecular formula is C11H14ClN5O. The number of aromatic nitrogens is 4. The van der Waals surface area contributed by atoms with E-state index in [1.165, 1.54) is 19.2 Å². The number of halogens is 1. The Kier molecular flexibility index (Phi) is 3.05. The minimum absolute atomic E-state index is 0.362. The molecule has 2 heterocycles. The first-order chi connectivity index (χ1) is 8.74. The Bertz CT molecular complexity index is 553. The highest BCUT2D eigenvalue weighted by molar-refractivity contribution is 6.29. The fourth-order valence-electron chi connectivity index (χ4n) is 1.85. The molecule has 1 aliphatic carbocycles. The normalized spacial score (nSPS) is 15.5. The molecule has 0 unspecified atom stereocenters. The molecule has 7 heteroatoms. The van der Waals surface area contributed by atoms with Crippen molar-refractivity contribution < 1.29 is 4.74 Å². The molecule has 0 amide bonds. The quantitative estimate of drug-likeness (QED) is 0.763. The predicted octanol–water partition coefficient (Wildman–Crippen LogP) is 1.25. The molecule has 0 bridgehead atoms. The summed E-state index contributed by atoms with van der Waals surface area (Å²) in [7, 11) is 2.12. The number of likely N-dealkylation sites (N-methyl/N-ethyl adjacent to an activating group) is 1. The van der Waals surface area contributed by atoms with E-state index in [0.717, 1.165) is 12.6 Å². The lowest BCUT2D eigenvalue weighted by atomic mass is 10.5. The molecule has 3 rings (SSSR count). The van der Waals surface area contributed by atoms with Gasteiger partial charge in [0.05, 0.1) is 0 Å². The second kappa shape index (κ2) is 4.70. The van der Waals surface area contributed by atoms with Crippen LogP contribution in [0.25, 0.3) is 5.78 Å². The van der Waals surface area contributed by atoms with E-state index in [0.29, 0.717) is 23.4 Å². The molecule has 1 aliphatic rings. The van der Waals surface area contributed by atoms with Crippen molar-refractivity contribution in [3.8, 4) is 5.88 Å². The smallest absolute Gasteiger partial charge is 0.256 e. The average molecular weight is 268 g/mol. The molecule has 0 atom stereocenters. The van der Waals surface area contributed by atoms with Gasteiger partial charge in [0.1, 0.15) is 18.1 Å². The average Bonchev–Trinajstić information content (AvgIpc) is 3.08. The van der Waals surface area contributed by atoms with E-state index in [1.807, 2.05) is 0 Å². The fourth-order valence-corrected chi connectivity index (χ4v) is 2.02. The lowest BCUT2D eigenvalue weighted by molar-refractivity contribution is 0.223. The van der Waals surface area contributed by atoms with Crippen LogP contribution in [0, 0.1) is 0 Å². The van der Waals surface area contributed by atoms with E-state index < -0.39 is 0 Å². The Morgan fingerprint density at radius 1 is 1.56 bits per heavy atom. The number of hydrogen-bond acceptors (Lipinski definition) is 5. The Labute approximate surface area is 110 Å². The maximum atomic E-state index is 5.90. The van der Waals surface area contributed by atoms with Gasteiger partial charge in [-0.25, -0.2) is 0 Å². The van der Waals surface area contributed by atoms with Crippen LogP contribution in [-0.2, 0) is 0 Å². The van der Waals surface area contributed by atoms with Gasteiger partial charge in [-0.1, -0.05) is 11.6 Å². The van der Waals surface area contributed by atoms with Gasteiger partial charge in [-0.05, 0) is 19.9 Å². The van der Waals surface area contributed by atoms with Gasteiger partial charge in [0.2, 0.25) is 5.88 Å². The maximum absolute atomic E-state index is 5.90. The van der Waals surface area contributed by atoms with E-state index in [1.54, 1.807) is 10.6 Å². The highest BCUT2D eigenvalue weighted by Gasteiger charge is 2.25. The van der Waals surface area contributed by atoms with E-state index in [9.17, 15) is 0 Å². The third-order valence-electron chi connectivity index (χ3n) is 3.05. The summed E-state index contributed by atoms with van der Waals surface area (Å²) in [6.07, 6.45) is 4.03. The molecule has 2 aromatic rings. The highest BCUT2D eigenvalue weighted by atomic mass is 35.5. The van der Waals surface area contributed by atoms with Crippen LogP contribution in [-0.4, -0.2) is 50.7 Å². The molecule has 6 nitrogen and oxygen atoms in total. The van der Waals surface area contributed by atoms with Gasteiger partial charge in [0.15, 0.2) is 0 Å². The zero-order valence-electron chi connectivity index (χ0n) is 10.1. The first-order valence-corrected chi connectivity index (χ1v) is 6.31. The number of rotatable bonds is 5. The lowest BCUT2D eigenvalue weighted by Gasteiger charge is -2.15. The number of nitrogens with zero attached hydrogens (tertiary/aromatic N) is 5. The number of ether oxygens (including phenoxy) is 1. The Hall–Kier alpha value is -1.40. The van der Waals surface area contributed by atoms with Gasteiger partial charge >= 0.3 is 0 Å². The molecule has 2 aromatic heterocycles. The number of hydrogen-bond donors (Lipinski definition) is 0. The molecular weight excluding hydrogens is 254 g/mol. The van der Waals surface area contributed by atoms with E-state index in [4.69, 9.17) is 16.3 Å². The summed E-state index contributed by atoms with van der Waals surface area (Å²) in [6.45, 7) is 1.49. The van der Waals surface area contributed by atoms with Crippen LogP contribution in [0.1, 0.15) is 12.8 Å². The molecule has 0 spiro atoms. The summed E-state index contributed by atoms with van der Waals surface area (Å²) < 4.78 is 7.25. The van der Waals surface area contributed by atoms with E-state index >= 15 is 0 Å². The molecule has 18 heavy (non-hydrogen) atoms. The molecule has 1 fully saturated rings. The van der Waals surface area contributed by atoms with Crippen LogP contribution < -0.4 is 4.74 Å². The number of fused-ring (bicyclic) bond motifs is 1. The van der Waals surface area contributed by atoms with Crippen LogP contribution in [0.3, 0.4) is 0 Å². The van der Waals surface area contributed by atoms with Crippen molar-refractivity contribution in [2.24, 2.45) is 0 Å². The lowest BCUT2D eigenvalue weighted by Crippen LogP contribution is -2.26. The summed E-state index contributed by atoms with van der Waals surface area (Å²) in [4.78, 5) is 10.3. The monoisotopic (exact) mass is 267 g/mol. The summed E-state index contributed by atoms with van der Waals surface area (Å²) in [6, 6.07) is 2.39. The predicted molar refractivity (Wildman–Crippen MR) is 66.9 cm³/mol. The third kappa shape index (κ3) is 2.39. The van der Waals surface area contributed by atoms with Gasteiger partial charge in [-0.15, -0.1) is 0 Å². The van der Waals surface area contributed by atoms with Crippen LogP contribution >= 0.6 is 11.6 Å². The fraction of sp³-hybridized carbons (Fsp3) is 0.545. The van der Waals surface area contributed by atoms with Crippen molar-refractivity contribution in [3.05, 3.63) is 17.5 Å². The van der Waals surface area contributed by atoms with Gasteiger partial charge in [-0.3, -0.25) is 0 Å². The summed E-state index contributed by atoms with van der Waals surface area (Å²) in [5, 5.41) is 4.41. The third-order valence-corrected chi connectivity index (χ3v) is 3.25. The second-order valence-electron chi connectivity index (χ2n) is 4.45. The molecule has 0 saturated heterocycles. The Morgan fingerprint density at radius 3 is 3.17 bits per heavy atom. The van der Waals surface area contributed by atoms with Crippen molar-refractivity contribution in [3.63, 3.8) is 0 Å². The first-order valence-electron chi connectivity index (χ1n) is 5.93.